The Morgan fingerprint density at radius 3 is 1.54 bits per heavy atom. The van der Waals surface area contributed by atoms with Gasteiger partial charge in [-0.1, -0.05) is 27.7 Å². The molecular weight excluding hydrogens is 488 g/mol. The lowest BCUT2D eigenvalue weighted by Gasteiger charge is -2.27. The van der Waals surface area contributed by atoms with E-state index < -0.39 is 65.8 Å². The minimum atomic E-state index is -1.66. The lowest BCUT2D eigenvalue weighted by molar-refractivity contribution is -0.145. The lowest BCUT2D eigenvalue weighted by atomic mass is 9.99. The molecule has 0 aromatic heterocycles. The summed E-state index contributed by atoms with van der Waals surface area (Å²) in [6, 6.07) is -5.10. The number of carbonyl (C=O) groups excluding carboxylic acids is 5. The van der Waals surface area contributed by atoms with Crippen LogP contribution < -0.4 is 32.7 Å². The summed E-state index contributed by atoms with van der Waals surface area (Å²) in [6.07, 6.45) is -1.53. The normalized spacial score (nSPS) is 15.2. The number of amides is 5. The quantitative estimate of drug-likeness (QED) is 0.101. The van der Waals surface area contributed by atoms with Crippen molar-refractivity contribution in [3.8, 4) is 0 Å². The fourth-order valence-electron chi connectivity index (χ4n) is 3.40. The van der Waals surface area contributed by atoms with Crippen molar-refractivity contribution < 1.29 is 39.0 Å². The molecule has 0 heterocycles. The predicted octanol–water partition coefficient (Wildman–Crippen LogP) is -2.29. The van der Waals surface area contributed by atoms with Crippen molar-refractivity contribution in [3.63, 3.8) is 0 Å². The molecule has 0 aliphatic rings. The van der Waals surface area contributed by atoms with Crippen LogP contribution in [0.4, 0.5) is 0 Å². The Bertz CT molecular complexity index is 817. The third kappa shape index (κ3) is 13.6. The number of primary amides is 1. The first kappa shape index (κ1) is 33.7. The van der Waals surface area contributed by atoms with Gasteiger partial charge in [-0.25, -0.2) is 4.79 Å². The summed E-state index contributed by atoms with van der Waals surface area (Å²) < 4.78 is 0. The molecule has 5 atom stereocenters. The van der Waals surface area contributed by atoms with E-state index in [2.05, 4.69) is 21.3 Å². The van der Waals surface area contributed by atoms with E-state index in [0.717, 1.165) is 0 Å². The molecule has 212 valence electrons. The number of aliphatic hydroxyl groups excluding tert-OH is 1. The minimum absolute atomic E-state index is 0.0316. The number of rotatable bonds is 17. The molecule has 0 aliphatic carbocycles. The maximum absolute atomic E-state index is 13.2. The van der Waals surface area contributed by atoms with Crippen LogP contribution in [0.2, 0.25) is 0 Å². The monoisotopic (exact) mass is 530 g/mol. The van der Waals surface area contributed by atoms with Crippen LogP contribution >= 0.6 is 0 Å². The van der Waals surface area contributed by atoms with Gasteiger partial charge in [0.1, 0.15) is 18.1 Å². The molecule has 0 saturated carbocycles. The standard InChI is InChI=1S/C23H42N6O8/c1-11(2)8-15(26-18(32)10-24)21(34)28-16(9-12(3)4)22(35)27-14(6-7-17(25)31)20(33)29-19(13(5)30)23(36)37/h11-16,19,30H,6-10,24H2,1-5H3,(H2,25,31)(H,26,32)(H,27,35)(H,28,34)(H,29,33)(H,36,37). The van der Waals surface area contributed by atoms with Crippen LogP contribution in [-0.4, -0.2) is 82.5 Å². The van der Waals surface area contributed by atoms with Gasteiger partial charge in [0, 0.05) is 6.42 Å². The second kappa shape index (κ2) is 16.5. The number of nitrogens with two attached hydrogens (primary N) is 2. The van der Waals surface area contributed by atoms with Gasteiger partial charge in [-0.15, -0.1) is 0 Å². The van der Waals surface area contributed by atoms with Crippen LogP contribution in [0, 0.1) is 11.8 Å². The van der Waals surface area contributed by atoms with Crippen LogP contribution in [0.5, 0.6) is 0 Å². The van der Waals surface area contributed by atoms with Gasteiger partial charge in [0.15, 0.2) is 6.04 Å². The Morgan fingerprint density at radius 2 is 1.16 bits per heavy atom. The Hall–Kier alpha value is -3.26. The van der Waals surface area contributed by atoms with E-state index in [-0.39, 0.29) is 44.1 Å². The largest absolute Gasteiger partial charge is 0.480 e. The second-order valence-electron chi connectivity index (χ2n) is 9.78. The molecule has 14 nitrogen and oxygen atoms in total. The summed E-state index contributed by atoms with van der Waals surface area (Å²) in [5, 5.41) is 28.6. The van der Waals surface area contributed by atoms with Crippen molar-refractivity contribution >= 4 is 35.5 Å². The number of carboxylic acid groups (broad SMARTS) is 1. The van der Waals surface area contributed by atoms with Crippen molar-refractivity contribution in [2.75, 3.05) is 6.54 Å². The Labute approximate surface area is 216 Å². The molecule has 0 aromatic carbocycles. The Kier molecular flexibility index (Phi) is 15.0. The van der Waals surface area contributed by atoms with Crippen molar-refractivity contribution in [2.24, 2.45) is 23.3 Å². The molecule has 5 amide bonds. The number of carboxylic acids is 1. The zero-order chi connectivity index (χ0) is 28.9. The number of aliphatic carboxylic acids is 1. The predicted molar refractivity (Wildman–Crippen MR) is 133 cm³/mol. The molecule has 0 fully saturated rings. The summed E-state index contributed by atoms with van der Waals surface area (Å²) in [5.41, 5.74) is 10.5. The maximum Gasteiger partial charge on any atom is 0.328 e. The first-order valence-corrected chi connectivity index (χ1v) is 12.2. The molecule has 14 heteroatoms. The summed E-state index contributed by atoms with van der Waals surface area (Å²) in [7, 11) is 0. The third-order valence-electron chi connectivity index (χ3n) is 5.24. The van der Waals surface area contributed by atoms with Crippen molar-refractivity contribution in [1.82, 2.24) is 21.3 Å². The fraction of sp³-hybridized carbons (Fsp3) is 0.739. The van der Waals surface area contributed by atoms with Crippen LogP contribution in [0.25, 0.3) is 0 Å². The highest BCUT2D eigenvalue weighted by molar-refractivity contribution is 5.95. The average Bonchev–Trinajstić information content (AvgIpc) is 2.77. The fourth-order valence-corrected chi connectivity index (χ4v) is 3.40. The van der Waals surface area contributed by atoms with Gasteiger partial charge in [0.2, 0.25) is 29.5 Å². The van der Waals surface area contributed by atoms with Crippen molar-refractivity contribution in [3.05, 3.63) is 0 Å². The van der Waals surface area contributed by atoms with Crippen molar-refractivity contribution in [1.29, 1.82) is 0 Å². The molecule has 0 aliphatic heterocycles. The first-order valence-electron chi connectivity index (χ1n) is 12.2. The van der Waals surface area contributed by atoms with Gasteiger partial charge in [-0.2, -0.15) is 0 Å². The average molecular weight is 531 g/mol. The Morgan fingerprint density at radius 1 is 0.730 bits per heavy atom. The second-order valence-corrected chi connectivity index (χ2v) is 9.78. The van der Waals surface area contributed by atoms with Crippen LogP contribution in [-0.2, 0) is 28.8 Å². The summed E-state index contributed by atoms with van der Waals surface area (Å²) in [5.74, 6) is -5.16. The van der Waals surface area contributed by atoms with Gasteiger partial charge >= 0.3 is 5.97 Å². The number of hydrogen-bond donors (Lipinski definition) is 8. The molecule has 0 aromatic rings. The minimum Gasteiger partial charge on any atom is -0.480 e. The molecule has 0 spiro atoms. The number of carbonyl (C=O) groups is 6. The van der Waals surface area contributed by atoms with Gasteiger partial charge in [0.25, 0.3) is 0 Å². The zero-order valence-electron chi connectivity index (χ0n) is 22.1. The SMILES string of the molecule is CC(C)CC(NC(=O)CN)C(=O)NC(CC(C)C)C(=O)NC(CCC(N)=O)C(=O)NC(C(=O)O)C(C)O. The molecule has 0 rings (SSSR count). The molecule has 0 radical (unpaired) electrons. The van der Waals surface area contributed by atoms with Gasteiger partial charge in [-0.05, 0) is 38.0 Å². The van der Waals surface area contributed by atoms with Gasteiger partial charge < -0.3 is 42.9 Å². The molecule has 37 heavy (non-hydrogen) atoms. The highest BCUT2D eigenvalue weighted by Gasteiger charge is 2.33. The van der Waals surface area contributed by atoms with E-state index >= 15 is 0 Å². The van der Waals surface area contributed by atoms with Crippen LogP contribution in [0.15, 0.2) is 0 Å². The molecule has 10 N–H and O–H groups in total. The van der Waals surface area contributed by atoms with E-state index in [1.165, 1.54) is 6.92 Å². The molecule has 5 unspecified atom stereocenters. The third-order valence-corrected chi connectivity index (χ3v) is 5.24. The van der Waals surface area contributed by atoms with E-state index in [4.69, 9.17) is 11.5 Å². The number of aliphatic hydroxyl groups is 1. The summed E-state index contributed by atoms with van der Waals surface area (Å²) in [6.45, 7) is 8.18. The lowest BCUT2D eigenvalue weighted by Crippen LogP contribution is -2.59. The summed E-state index contributed by atoms with van der Waals surface area (Å²) in [4.78, 5) is 73.3. The van der Waals surface area contributed by atoms with Crippen LogP contribution in [0.3, 0.4) is 0 Å². The highest BCUT2D eigenvalue weighted by atomic mass is 16.4. The van der Waals surface area contributed by atoms with Crippen LogP contribution in [0.1, 0.15) is 60.3 Å². The number of nitrogens with one attached hydrogen (secondary N) is 4. The van der Waals surface area contributed by atoms with E-state index in [1.807, 2.05) is 27.7 Å². The van der Waals surface area contributed by atoms with E-state index in [9.17, 15) is 39.0 Å². The zero-order valence-corrected chi connectivity index (χ0v) is 22.1. The molecule has 0 bridgehead atoms. The highest BCUT2D eigenvalue weighted by Crippen LogP contribution is 2.10. The maximum atomic E-state index is 13.2. The van der Waals surface area contributed by atoms with Crippen molar-refractivity contribution in [2.45, 2.75) is 90.6 Å². The Balaban J connectivity index is 5.81. The summed E-state index contributed by atoms with van der Waals surface area (Å²) >= 11 is 0. The smallest absolute Gasteiger partial charge is 0.328 e. The van der Waals surface area contributed by atoms with Gasteiger partial charge in [0.05, 0.1) is 12.6 Å². The molecule has 0 saturated heterocycles. The van der Waals surface area contributed by atoms with E-state index in [1.54, 1.807) is 0 Å². The van der Waals surface area contributed by atoms with Gasteiger partial charge in [-0.3, -0.25) is 24.0 Å². The number of hydrogen-bond acceptors (Lipinski definition) is 8. The van der Waals surface area contributed by atoms with E-state index in [0.29, 0.717) is 0 Å². The first-order chi connectivity index (χ1) is 17.1. The topological polar surface area (TPSA) is 243 Å². The molecular formula is C23H42N6O8.